The molecule has 12 heavy (non-hydrogen) atoms. The number of rotatable bonds is 2. The predicted molar refractivity (Wildman–Crippen MR) is 52.1 cm³/mol. The zero-order valence-electron chi connectivity index (χ0n) is 8.12. The van der Waals surface area contributed by atoms with Crippen molar-refractivity contribution >= 4 is 5.96 Å². The van der Waals surface area contributed by atoms with E-state index in [2.05, 4.69) is 42.3 Å². The third-order valence-corrected chi connectivity index (χ3v) is 1.87. The molecule has 1 fully saturated rings. The Labute approximate surface area is 74.4 Å². The number of nitrogens with zero attached hydrogens (tertiary/aromatic N) is 3. The van der Waals surface area contributed by atoms with Crippen LogP contribution >= 0.6 is 0 Å². The second-order valence-electron chi connectivity index (χ2n) is 3.32. The van der Waals surface area contributed by atoms with E-state index in [4.69, 9.17) is 0 Å². The van der Waals surface area contributed by atoms with Gasteiger partial charge in [0.1, 0.15) is 0 Å². The second kappa shape index (κ2) is 3.61. The van der Waals surface area contributed by atoms with Crippen molar-refractivity contribution in [2.75, 3.05) is 20.1 Å². The van der Waals surface area contributed by atoms with Crippen LogP contribution in [0.4, 0.5) is 0 Å². The first kappa shape index (κ1) is 9.10. The van der Waals surface area contributed by atoms with Gasteiger partial charge in [0.25, 0.3) is 0 Å². The normalized spacial score (nSPS) is 21.2. The molecule has 0 radical (unpaired) electrons. The Morgan fingerprint density at radius 1 is 1.50 bits per heavy atom. The van der Waals surface area contributed by atoms with E-state index >= 15 is 0 Å². The number of likely N-dealkylation sites (N-methyl/N-ethyl adjacent to an activating group) is 1. The third-order valence-electron chi connectivity index (χ3n) is 1.87. The summed E-state index contributed by atoms with van der Waals surface area (Å²) in [5.41, 5.74) is 0. The maximum absolute atomic E-state index is 4.51. The van der Waals surface area contributed by atoms with E-state index in [1.807, 2.05) is 6.20 Å². The van der Waals surface area contributed by atoms with E-state index in [0.29, 0.717) is 6.04 Å². The summed E-state index contributed by atoms with van der Waals surface area (Å²) in [6, 6.07) is 0.350. The van der Waals surface area contributed by atoms with Crippen molar-refractivity contribution in [2.24, 2.45) is 4.99 Å². The molecule has 0 aliphatic carbocycles. The lowest BCUT2D eigenvalue weighted by Gasteiger charge is -2.17. The molecule has 0 atom stereocenters. The van der Waals surface area contributed by atoms with Crippen molar-refractivity contribution in [3.05, 3.63) is 12.8 Å². The lowest BCUT2D eigenvalue weighted by Crippen LogP contribution is -2.28. The molecule has 0 aromatic heterocycles. The second-order valence-corrected chi connectivity index (χ2v) is 3.32. The molecule has 1 saturated heterocycles. The van der Waals surface area contributed by atoms with Crippen molar-refractivity contribution in [1.29, 1.82) is 0 Å². The molecule has 0 N–H and O–H groups in total. The number of hydrogen-bond acceptors (Lipinski definition) is 1. The van der Waals surface area contributed by atoms with Crippen LogP contribution in [0, 0.1) is 0 Å². The average Bonchev–Trinajstić information content (AvgIpc) is 2.32. The van der Waals surface area contributed by atoms with Gasteiger partial charge in [-0.05, 0) is 20.0 Å². The molecular formula is C9H17N3. The van der Waals surface area contributed by atoms with Gasteiger partial charge in [-0.25, -0.2) is 4.99 Å². The van der Waals surface area contributed by atoms with Crippen molar-refractivity contribution in [2.45, 2.75) is 19.9 Å². The smallest absolute Gasteiger partial charge is 0.200 e. The van der Waals surface area contributed by atoms with E-state index < -0.39 is 0 Å². The highest BCUT2D eigenvalue weighted by molar-refractivity contribution is 5.82. The Morgan fingerprint density at radius 3 is 2.67 bits per heavy atom. The number of guanidine groups is 1. The molecule has 0 aromatic rings. The SMILES string of the molecule is C=CN1CCN(C)C1=NC(C)C. The number of hydrogen-bond donors (Lipinski definition) is 0. The van der Waals surface area contributed by atoms with Gasteiger partial charge < -0.3 is 9.80 Å². The average molecular weight is 167 g/mol. The molecule has 1 heterocycles. The van der Waals surface area contributed by atoms with Crippen LogP contribution in [-0.2, 0) is 0 Å². The molecule has 1 rings (SSSR count). The summed E-state index contributed by atoms with van der Waals surface area (Å²) in [5, 5.41) is 0. The van der Waals surface area contributed by atoms with E-state index in [9.17, 15) is 0 Å². The zero-order chi connectivity index (χ0) is 9.14. The Hall–Kier alpha value is -0.990. The minimum Gasteiger partial charge on any atom is -0.344 e. The van der Waals surface area contributed by atoms with Crippen molar-refractivity contribution in [3.63, 3.8) is 0 Å². The molecule has 3 nitrogen and oxygen atoms in total. The summed E-state index contributed by atoms with van der Waals surface area (Å²) in [4.78, 5) is 8.74. The quantitative estimate of drug-likeness (QED) is 0.614. The van der Waals surface area contributed by atoms with Crippen LogP contribution in [0.15, 0.2) is 17.8 Å². The van der Waals surface area contributed by atoms with E-state index in [-0.39, 0.29) is 0 Å². The molecule has 68 valence electrons. The minimum atomic E-state index is 0.350. The van der Waals surface area contributed by atoms with Crippen LogP contribution < -0.4 is 0 Å². The van der Waals surface area contributed by atoms with Crippen molar-refractivity contribution in [3.8, 4) is 0 Å². The van der Waals surface area contributed by atoms with Crippen LogP contribution in [0.25, 0.3) is 0 Å². The highest BCUT2D eigenvalue weighted by Gasteiger charge is 2.20. The fraction of sp³-hybridized carbons (Fsp3) is 0.667. The van der Waals surface area contributed by atoms with Gasteiger partial charge in [0.05, 0.1) is 0 Å². The monoisotopic (exact) mass is 167 g/mol. The molecule has 0 amide bonds. The molecule has 0 bridgehead atoms. The predicted octanol–water partition coefficient (Wildman–Crippen LogP) is 1.14. The highest BCUT2D eigenvalue weighted by atomic mass is 15.4. The van der Waals surface area contributed by atoms with Gasteiger partial charge in [-0.1, -0.05) is 6.58 Å². The third kappa shape index (κ3) is 1.78. The summed E-state index contributed by atoms with van der Waals surface area (Å²) in [7, 11) is 2.06. The van der Waals surface area contributed by atoms with E-state index in [0.717, 1.165) is 19.0 Å². The summed E-state index contributed by atoms with van der Waals surface area (Å²) in [5.74, 6) is 1.04. The summed E-state index contributed by atoms with van der Waals surface area (Å²) >= 11 is 0. The van der Waals surface area contributed by atoms with Gasteiger partial charge in [-0.2, -0.15) is 0 Å². The molecule has 1 aliphatic rings. The maximum atomic E-state index is 4.51. The molecule has 0 unspecified atom stereocenters. The molecule has 0 aromatic carbocycles. The van der Waals surface area contributed by atoms with E-state index in [1.165, 1.54) is 0 Å². The topological polar surface area (TPSA) is 18.8 Å². The standard InChI is InChI=1S/C9H17N3/c1-5-12-7-6-11(4)9(12)10-8(2)3/h5,8H,1,6-7H2,2-4H3. The largest absolute Gasteiger partial charge is 0.344 e. The van der Waals surface area contributed by atoms with Crippen molar-refractivity contribution < 1.29 is 0 Å². The van der Waals surface area contributed by atoms with Crippen LogP contribution in [0.3, 0.4) is 0 Å². The Bertz CT molecular complexity index is 196. The van der Waals surface area contributed by atoms with E-state index in [1.54, 1.807) is 0 Å². The lowest BCUT2D eigenvalue weighted by atomic mass is 10.4. The molecule has 0 saturated carbocycles. The molecule has 0 spiro atoms. The highest BCUT2D eigenvalue weighted by Crippen LogP contribution is 2.07. The van der Waals surface area contributed by atoms with Crippen molar-refractivity contribution in [1.82, 2.24) is 9.80 Å². The Morgan fingerprint density at radius 2 is 2.17 bits per heavy atom. The fourth-order valence-electron chi connectivity index (χ4n) is 1.25. The summed E-state index contributed by atoms with van der Waals surface area (Å²) in [6.07, 6.45) is 1.84. The van der Waals surface area contributed by atoms with Gasteiger partial charge in [-0.3, -0.25) is 0 Å². The fourth-order valence-corrected chi connectivity index (χ4v) is 1.25. The van der Waals surface area contributed by atoms with Crippen LogP contribution in [0.5, 0.6) is 0 Å². The van der Waals surface area contributed by atoms with Gasteiger partial charge in [-0.15, -0.1) is 0 Å². The number of aliphatic imine (C=N–C) groups is 1. The van der Waals surface area contributed by atoms with Gasteiger partial charge in [0, 0.05) is 26.2 Å². The first-order valence-corrected chi connectivity index (χ1v) is 4.33. The van der Waals surface area contributed by atoms with Gasteiger partial charge in [0.2, 0.25) is 5.96 Å². The first-order valence-electron chi connectivity index (χ1n) is 4.33. The van der Waals surface area contributed by atoms with Crippen LogP contribution in [0.1, 0.15) is 13.8 Å². The zero-order valence-corrected chi connectivity index (χ0v) is 8.12. The maximum Gasteiger partial charge on any atom is 0.200 e. The molecule has 1 aliphatic heterocycles. The van der Waals surface area contributed by atoms with Gasteiger partial charge in [0.15, 0.2) is 0 Å². The van der Waals surface area contributed by atoms with Crippen LogP contribution in [0.2, 0.25) is 0 Å². The molecular weight excluding hydrogens is 150 g/mol. The lowest BCUT2D eigenvalue weighted by molar-refractivity contribution is 0.557. The molecule has 3 heteroatoms. The van der Waals surface area contributed by atoms with Crippen LogP contribution in [-0.4, -0.2) is 41.9 Å². The summed E-state index contributed by atoms with van der Waals surface area (Å²) < 4.78 is 0. The minimum absolute atomic E-state index is 0.350. The first-order chi connectivity index (χ1) is 5.65. The Balaban J connectivity index is 2.76. The van der Waals surface area contributed by atoms with Gasteiger partial charge >= 0.3 is 0 Å². The summed E-state index contributed by atoms with van der Waals surface area (Å²) in [6.45, 7) is 9.97. The Kier molecular flexibility index (Phi) is 2.74.